The van der Waals surface area contributed by atoms with Crippen molar-refractivity contribution in [3.8, 4) is 5.75 Å². The molecule has 2 heterocycles. The minimum atomic E-state index is -0.254. The molecule has 0 saturated carbocycles. The largest absolute Gasteiger partial charge is 0.486 e. The Hall–Kier alpha value is -3.02. The molecule has 3 aromatic rings. The Kier molecular flexibility index (Phi) is 5.41. The fourth-order valence-electron chi connectivity index (χ4n) is 2.68. The van der Waals surface area contributed by atoms with E-state index in [-0.39, 0.29) is 18.3 Å². The zero-order valence-corrected chi connectivity index (χ0v) is 15.3. The van der Waals surface area contributed by atoms with Gasteiger partial charge < -0.3 is 14.5 Å². The second-order valence-electron chi connectivity index (χ2n) is 6.12. The summed E-state index contributed by atoms with van der Waals surface area (Å²) in [7, 11) is 0. The van der Waals surface area contributed by atoms with Gasteiger partial charge >= 0.3 is 0 Å². The van der Waals surface area contributed by atoms with Crippen LogP contribution in [0.25, 0.3) is 0 Å². The molecule has 1 aromatic carbocycles. The summed E-state index contributed by atoms with van der Waals surface area (Å²) in [5.74, 6) is 1.39. The van der Waals surface area contributed by atoms with Crippen LogP contribution >= 0.6 is 0 Å². The molecule has 3 rings (SSSR count). The standard InChI is InChI=1S/C20H23N3O3/c1-4-23-15(3)16(12-22-23)11-21-20(24)19-9-8-18(26-19)13-25-17-7-5-6-14(2)10-17/h5-10,12H,4,11,13H2,1-3H3,(H,21,24). The first-order chi connectivity index (χ1) is 12.6. The van der Waals surface area contributed by atoms with E-state index in [9.17, 15) is 4.79 Å². The summed E-state index contributed by atoms with van der Waals surface area (Å²) in [4.78, 5) is 12.3. The molecule has 2 aromatic heterocycles. The van der Waals surface area contributed by atoms with Gasteiger partial charge in [-0.1, -0.05) is 12.1 Å². The van der Waals surface area contributed by atoms with Crippen molar-refractivity contribution in [1.82, 2.24) is 15.1 Å². The van der Waals surface area contributed by atoms with Crippen LogP contribution in [0.3, 0.4) is 0 Å². The van der Waals surface area contributed by atoms with E-state index in [1.54, 1.807) is 18.3 Å². The third kappa shape index (κ3) is 4.14. The third-order valence-corrected chi connectivity index (χ3v) is 4.20. The van der Waals surface area contributed by atoms with E-state index in [0.717, 1.165) is 29.1 Å². The van der Waals surface area contributed by atoms with Crippen molar-refractivity contribution in [2.24, 2.45) is 0 Å². The van der Waals surface area contributed by atoms with E-state index < -0.39 is 0 Å². The van der Waals surface area contributed by atoms with Gasteiger partial charge in [0.25, 0.3) is 5.91 Å². The predicted octanol–water partition coefficient (Wildman–Crippen LogP) is 3.62. The Morgan fingerprint density at radius 3 is 2.85 bits per heavy atom. The molecule has 6 nitrogen and oxygen atoms in total. The third-order valence-electron chi connectivity index (χ3n) is 4.20. The number of amides is 1. The van der Waals surface area contributed by atoms with Gasteiger partial charge in [0.1, 0.15) is 18.1 Å². The highest BCUT2D eigenvalue weighted by Crippen LogP contribution is 2.16. The smallest absolute Gasteiger partial charge is 0.287 e. The van der Waals surface area contributed by atoms with Crippen LogP contribution in [0.2, 0.25) is 0 Å². The number of carbonyl (C=O) groups excluding carboxylic acids is 1. The number of carbonyl (C=O) groups is 1. The van der Waals surface area contributed by atoms with Crippen molar-refractivity contribution in [3.05, 3.63) is 70.9 Å². The second-order valence-corrected chi connectivity index (χ2v) is 6.12. The molecule has 0 spiro atoms. The molecule has 0 atom stereocenters. The number of hydrogen-bond acceptors (Lipinski definition) is 4. The van der Waals surface area contributed by atoms with Gasteiger partial charge in [-0.2, -0.15) is 5.10 Å². The number of nitrogens with one attached hydrogen (secondary N) is 1. The Balaban J connectivity index is 1.55. The van der Waals surface area contributed by atoms with Gasteiger partial charge in [-0.15, -0.1) is 0 Å². The fourth-order valence-corrected chi connectivity index (χ4v) is 2.68. The summed E-state index contributed by atoms with van der Waals surface area (Å²) in [5.41, 5.74) is 3.18. The normalized spacial score (nSPS) is 10.7. The molecule has 0 saturated heterocycles. The lowest BCUT2D eigenvalue weighted by Crippen LogP contribution is -2.22. The number of furan rings is 1. The van der Waals surface area contributed by atoms with Crippen LogP contribution < -0.4 is 10.1 Å². The van der Waals surface area contributed by atoms with Gasteiger partial charge in [0, 0.05) is 24.3 Å². The van der Waals surface area contributed by atoms with Crippen LogP contribution in [-0.2, 0) is 19.7 Å². The first-order valence-corrected chi connectivity index (χ1v) is 8.64. The first-order valence-electron chi connectivity index (χ1n) is 8.64. The number of ether oxygens (including phenoxy) is 1. The van der Waals surface area contributed by atoms with Crippen molar-refractivity contribution < 1.29 is 13.9 Å². The van der Waals surface area contributed by atoms with E-state index >= 15 is 0 Å². The predicted molar refractivity (Wildman–Crippen MR) is 98.0 cm³/mol. The van der Waals surface area contributed by atoms with Crippen molar-refractivity contribution in [2.45, 2.75) is 40.5 Å². The van der Waals surface area contributed by atoms with E-state index in [1.165, 1.54) is 0 Å². The minimum absolute atomic E-state index is 0.254. The molecule has 0 radical (unpaired) electrons. The molecule has 1 amide bonds. The van der Waals surface area contributed by atoms with Crippen LogP contribution in [0, 0.1) is 13.8 Å². The van der Waals surface area contributed by atoms with Crippen molar-refractivity contribution in [1.29, 1.82) is 0 Å². The van der Waals surface area contributed by atoms with E-state index in [0.29, 0.717) is 12.3 Å². The molecule has 6 heteroatoms. The molecule has 0 aliphatic rings. The molecule has 0 fully saturated rings. The molecule has 1 N–H and O–H groups in total. The first kappa shape index (κ1) is 17.8. The lowest BCUT2D eigenvalue weighted by atomic mass is 10.2. The maximum Gasteiger partial charge on any atom is 0.287 e. The lowest BCUT2D eigenvalue weighted by Gasteiger charge is -2.05. The summed E-state index contributed by atoms with van der Waals surface area (Å²) >= 11 is 0. The highest BCUT2D eigenvalue weighted by molar-refractivity contribution is 5.91. The Bertz CT molecular complexity index is 895. The number of aromatic nitrogens is 2. The number of benzene rings is 1. The Morgan fingerprint density at radius 1 is 1.27 bits per heavy atom. The van der Waals surface area contributed by atoms with E-state index in [4.69, 9.17) is 9.15 Å². The second kappa shape index (κ2) is 7.91. The summed E-state index contributed by atoms with van der Waals surface area (Å²) < 4.78 is 13.2. The van der Waals surface area contributed by atoms with Gasteiger partial charge in [0.05, 0.1) is 6.20 Å². The molecule has 0 aliphatic carbocycles. The molecule has 136 valence electrons. The summed E-state index contributed by atoms with van der Waals surface area (Å²) in [6, 6.07) is 11.2. The molecular weight excluding hydrogens is 330 g/mol. The molecule has 0 bridgehead atoms. The molecule has 0 aliphatic heterocycles. The van der Waals surface area contributed by atoms with Crippen LogP contribution in [0.15, 0.2) is 47.0 Å². The van der Waals surface area contributed by atoms with Gasteiger partial charge in [0.15, 0.2) is 5.76 Å². The average molecular weight is 353 g/mol. The lowest BCUT2D eigenvalue weighted by molar-refractivity contribution is 0.0919. The van der Waals surface area contributed by atoms with Crippen LogP contribution in [-0.4, -0.2) is 15.7 Å². The van der Waals surface area contributed by atoms with Gasteiger partial charge in [-0.05, 0) is 50.6 Å². The van der Waals surface area contributed by atoms with Crippen LogP contribution in [0.1, 0.15) is 40.1 Å². The van der Waals surface area contributed by atoms with Gasteiger partial charge in [-0.25, -0.2) is 0 Å². The van der Waals surface area contributed by atoms with Crippen molar-refractivity contribution in [2.75, 3.05) is 0 Å². The Morgan fingerprint density at radius 2 is 2.12 bits per heavy atom. The topological polar surface area (TPSA) is 69.3 Å². The number of nitrogens with zero attached hydrogens (tertiary/aromatic N) is 2. The van der Waals surface area contributed by atoms with E-state index in [2.05, 4.69) is 10.4 Å². The molecule has 26 heavy (non-hydrogen) atoms. The van der Waals surface area contributed by atoms with Crippen molar-refractivity contribution >= 4 is 5.91 Å². The summed E-state index contributed by atoms with van der Waals surface area (Å²) in [6.07, 6.45) is 1.78. The number of hydrogen-bond donors (Lipinski definition) is 1. The maximum absolute atomic E-state index is 12.3. The van der Waals surface area contributed by atoms with Crippen LogP contribution in [0.5, 0.6) is 5.75 Å². The number of rotatable bonds is 7. The van der Waals surface area contributed by atoms with Gasteiger partial charge in [-0.3, -0.25) is 9.48 Å². The quantitative estimate of drug-likeness (QED) is 0.704. The monoisotopic (exact) mass is 353 g/mol. The van der Waals surface area contributed by atoms with Crippen LogP contribution in [0.4, 0.5) is 0 Å². The summed E-state index contributed by atoms with van der Waals surface area (Å²) in [6.45, 7) is 7.53. The fraction of sp³-hybridized carbons (Fsp3) is 0.300. The zero-order chi connectivity index (χ0) is 18.5. The molecule has 0 unspecified atom stereocenters. The highest BCUT2D eigenvalue weighted by atomic mass is 16.5. The SMILES string of the molecule is CCn1ncc(CNC(=O)c2ccc(COc3cccc(C)c3)o2)c1C. The summed E-state index contributed by atoms with van der Waals surface area (Å²) in [5, 5.41) is 7.13. The minimum Gasteiger partial charge on any atom is -0.486 e. The van der Waals surface area contributed by atoms with Crippen molar-refractivity contribution in [3.63, 3.8) is 0 Å². The zero-order valence-electron chi connectivity index (χ0n) is 15.3. The number of aryl methyl sites for hydroxylation is 2. The van der Waals surface area contributed by atoms with E-state index in [1.807, 2.05) is 49.7 Å². The van der Waals surface area contributed by atoms with Gasteiger partial charge in [0.2, 0.25) is 0 Å². The highest BCUT2D eigenvalue weighted by Gasteiger charge is 2.13. The Labute approximate surface area is 152 Å². The average Bonchev–Trinajstić information content (AvgIpc) is 3.25. The molecular formula is C20H23N3O3. The maximum atomic E-state index is 12.3.